The van der Waals surface area contributed by atoms with E-state index in [2.05, 4.69) is 17.1 Å². The molecule has 3 aliphatic rings. The minimum Gasteiger partial charge on any atom is -0.313 e. The molecule has 15 heavy (non-hydrogen) atoms. The third-order valence-corrected chi connectivity index (χ3v) is 6.36. The maximum Gasteiger partial charge on any atom is 0.0207 e. The van der Waals surface area contributed by atoms with Gasteiger partial charge in [0.15, 0.2) is 0 Å². The molecule has 0 aromatic rings. The molecule has 0 radical (unpaired) electrons. The normalized spacial score (nSPS) is 46.4. The van der Waals surface area contributed by atoms with Crippen molar-refractivity contribution in [2.45, 2.75) is 67.9 Å². The summed E-state index contributed by atoms with van der Waals surface area (Å²) in [5, 5.41) is 5.74. The highest BCUT2D eigenvalue weighted by Crippen LogP contribution is 2.47. The van der Waals surface area contributed by atoms with Crippen molar-refractivity contribution in [1.29, 1.82) is 0 Å². The van der Waals surface area contributed by atoms with Gasteiger partial charge in [-0.1, -0.05) is 19.3 Å². The van der Waals surface area contributed by atoms with E-state index in [0.29, 0.717) is 0 Å². The molecule has 2 aliphatic heterocycles. The van der Waals surface area contributed by atoms with E-state index in [9.17, 15) is 0 Å². The summed E-state index contributed by atoms with van der Waals surface area (Å²) in [5.41, 5.74) is 0. The number of hydrogen-bond donors (Lipinski definition) is 1. The second kappa shape index (κ2) is 4.67. The summed E-state index contributed by atoms with van der Waals surface area (Å²) in [6, 6.07) is 0.856. The summed E-state index contributed by atoms with van der Waals surface area (Å²) >= 11 is 2.34. The van der Waals surface area contributed by atoms with E-state index in [1.807, 2.05) is 0 Å². The van der Waals surface area contributed by atoms with Gasteiger partial charge in [-0.15, -0.1) is 0 Å². The molecule has 0 bridgehead atoms. The van der Waals surface area contributed by atoms with Crippen LogP contribution in [-0.4, -0.2) is 23.1 Å². The van der Waals surface area contributed by atoms with Gasteiger partial charge in [0.1, 0.15) is 0 Å². The van der Waals surface area contributed by atoms with Crippen molar-refractivity contribution in [3.63, 3.8) is 0 Å². The summed E-state index contributed by atoms with van der Waals surface area (Å²) in [7, 11) is 0. The van der Waals surface area contributed by atoms with Crippen LogP contribution in [0.3, 0.4) is 0 Å². The molecule has 3 fully saturated rings. The maximum atomic E-state index is 3.75. The van der Waals surface area contributed by atoms with Crippen molar-refractivity contribution in [2.75, 3.05) is 6.54 Å². The summed E-state index contributed by atoms with van der Waals surface area (Å²) in [6.45, 7) is 1.27. The molecule has 2 heterocycles. The Morgan fingerprint density at radius 2 is 1.73 bits per heavy atom. The van der Waals surface area contributed by atoms with Gasteiger partial charge in [-0.3, -0.25) is 0 Å². The highest BCUT2D eigenvalue weighted by Gasteiger charge is 2.39. The van der Waals surface area contributed by atoms with E-state index < -0.39 is 0 Å². The maximum absolute atomic E-state index is 3.75. The molecule has 0 aromatic carbocycles. The van der Waals surface area contributed by atoms with Crippen LogP contribution < -0.4 is 5.32 Å². The third kappa shape index (κ3) is 2.21. The van der Waals surface area contributed by atoms with Crippen LogP contribution in [0.4, 0.5) is 0 Å². The molecule has 1 nitrogen and oxygen atoms in total. The first-order valence-electron chi connectivity index (χ1n) is 6.82. The molecule has 3 rings (SSSR count). The fourth-order valence-electron chi connectivity index (χ4n) is 3.66. The fraction of sp³-hybridized carbons (Fsp3) is 1.00. The van der Waals surface area contributed by atoms with Gasteiger partial charge in [0, 0.05) is 16.5 Å². The van der Waals surface area contributed by atoms with E-state index in [1.165, 1.54) is 57.9 Å². The first kappa shape index (κ1) is 10.5. The molecule has 0 aromatic heterocycles. The van der Waals surface area contributed by atoms with Crippen molar-refractivity contribution in [3.05, 3.63) is 0 Å². The van der Waals surface area contributed by atoms with E-state index in [-0.39, 0.29) is 0 Å². The Labute approximate surface area is 97.8 Å². The average molecular weight is 225 g/mol. The smallest absolute Gasteiger partial charge is 0.0207 e. The quantitative estimate of drug-likeness (QED) is 0.735. The zero-order valence-electron chi connectivity index (χ0n) is 9.58. The predicted octanol–water partition coefficient (Wildman–Crippen LogP) is 3.19. The lowest BCUT2D eigenvalue weighted by Crippen LogP contribution is -2.40. The molecule has 0 amide bonds. The Kier molecular flexibility index (Phi) is 3.25. The van der Waals surface area contributed by atoms with Gasteiger partial charge >= 0.3 is 0 Å². The minimum absolute atomic E-state index is 0.856. The Morgan fingerprint density at radius 3 is 2.53 bits per heavy atom. The number of fused-ring (bicyclic) bond motifs is 1. The van der Waals surface area contributed by atoms with Crippen LogP contribution in [0.15, 0.2) is 0 Å². The van der Waals surface area contributed by atoms with E-state index in [0.717, 1.165) is 22.5 Å². The van der Waals surface area contributed by atoms with E-state index in [1.54, 1.807) is 0 Å². The largest absolute Gasteiger partial charge is 0.313 e. The summed E-state index contributed by atoms with van der Waals surface area (Å²) in [4.78, 5) is 0. The van der Waals surface area contributed by atoms with Gasteiger partial charge in [-0.05, 0) is 44.6 Å². The predicted molar refractivity (Wildman–Crippen MR) is 67.4 cm³/mol. The standard InChI is InChI=1S/C13H23NS/c1-2-7-12-10(5-1)9-13(15-12)11-6-3-4-8-14-11/h10-14H,1-9H2. The highest BCUT2D eigenvalue weighted by atomic mass is 32.2. The van der Waals surface area contributed by atoms with Crippen molar-refractivity contribution in [1.82, 2.24) is 5.32 Å². The number of nitrogens with one attached hydrogen (secondary N) is 1. The van der Waals surface area contributed by atoms with Gasteiger partial charge in [-0.25, -0.2) is 0 Å². The lowest BCUT2D eigenvalue weighted by molar-refractivity contribution is 0.332. The van der Waals surface area contributed by atoms with Crippen LogP contribution in [0.5, 0.6) is 0 Å². The lowest BCUT2D eigenvalue weighted by atomic mass is 9.84. The van der Waals surface area contributed by atoms with Gasteiger partial charge in [0.2, 0.25) is 0 Å². The van der Waals surface area contributed by atoms with Crippen molar-refractivity contribution in [2.24, 2.45) is 5.92 Å². The van der Waals surface area contributed by atoms with E-state index in [4.69, 9.17) is 0 Å². The number of piperidine rings is 1. The lowest BCUT2D eigenvalue weighted by Gasteiger charge is -2.28. The summed E-state index contributed by atoms with van der Waals surface area (Å²) in [5.74, 6) is 1.08. The molecule has 4 atom stereocenters. The van der Waals surface area contributed by atoms with Crippen LogP contribution in [0, 0.1) is 5.92 Å². The van der Waals surface area contributed by atoms with Gasteiger partial charge in [-0.2, -0.15) is 11.8 Å². The Morgan fingerprint density at radius 1 is 0.867 bits per heavy atom. The number of rotatable bonds is 1. The minimum atomic E-state index is 0.856. The Hall–Kier alpha value is 0.310. The molecule has 1 saturated carbocycles. The zero-order valence-corrected chi connectivity index (χ0v) is 10.4. The molecular weight excluding hydrogens is 202 g/mol. The number of thioether (sulfide) groups is 1. The molecule has 86 valence electrons. The summed E-state index contributed by atoms with van der Waals surface area (Å²) < 4.78 is 0. The van der Waals surface area contributed by atoms with Crippen LogP contribution in [0.25, 0.3) is 0 Å². The van der Waals surface area contributed by atoms with Gasteiger partial charge in [0.05, 0.1) is 0 Å². The Balaban J connectivity index is 1.59. The SMILES string of the molecule is C1CCC(C2CC3CCCCC3S2)NC1. The second-order valence-corrected chi connectivity index (χ2v) is 7.03. The third-order valence-electron chi connectivity index (χ3n) is 4.52. The molecule has 0 spiro atoms. The van der Waals surface area contributed by atoms with Crippen molar-refractivity contribution in [3.8, 4) is 0 Å². The molecule has 2 saturated heterocycles. The zero-order chi connectivity index (χ0) is 10.1. The first-order chi connectivity index (χ1) is 7.43. The average Bonchev–Trinajstić information content (AvgIpc) is 2.74. The van der Waals surface area contributed by atoms with E-state index >= 15 is 0 Å². The second-order valence-electron chi connectivity index (χ2n) is 5.55. The highest BCUT2D eigenvalue weighted by molar-refractivity contribution is 8.00. The van der Waals surface area contributed by atoms with Crippen LogP contribution in [0.1, 0.15) is 51.4 Å². The van der Waals surface area contributed by atoms with Crippen LogP contribution in [0.2, 0.25) is 0 Å². The molecule has 4 unspecified atom stereocenters. The summed E-state index contributed by atoms with van der Waals surface area (Å²) in [6.07, 6.45) is 11.9. The molecule has 1 aliphatic carbocycles. The molecule has 2 heteroatoms. The van der Waals surface area contributed by atoms with Crippen molar-refractivity contribution < 1.29 is 0 Å². The topological polar surface area (TPSA) is 12.0 Å². The van der Waals surface area contributed by atoms with Crippen LogP contribution in [-0.2, 0) is 0 Å². The molecule has 1 N–H and O–H groups in total. The monoisotopic (exact) mass is 225 g/mol. The molecular formula is C13H23NS. The van der Waals surface area contributed by atoms with Gasteiger partial charge in [0.25, 0.3) is 0 Å². The number of hydrogen-bond acceptors (Lipinski definition) is 2. The van der Waals surface area contributed by atoms with Gasteiger partial charge < -0.3 is 5.32 Å². The fourth-order valence-corrected chi connectivity index (χ4v) is 5.66. The van der Waals surface area contributed by atoms with Crippen LogP contribution >= 0.6 is 11.8 Å². The Bertz CT molecular complexity index is 199. The van der Waals surface area contributed by atoms with Crippen molar-refractivity contribution >= 4 is 11.8 Å². The first-order valence-corrected chi connectivity index (χ1v) is 7.76.